The van der Waals surface area contributed by atoms with Gasteiger partial charge in [0.25, 0.3) is 5.91 Å². The van der Waals surface area contributed by atoms with E-state index in [1.54, 1.807) is 39.6 Å². The molecule has 0 saturated carbocycles. The quantitative estimate of drug-likeness (QED) is 0.456. The van der Waals surface area contributed by atoms with E-state index in [4.69, 9.17) is 0 Å². The zero-order valence-corrected chi connectivity index (χ0v) is 19.3. The maximum Gasteiger partial charge on any atom is 0.258 e. The number of hydrogen-bond donors (Lipinski definition) is 2. The molecule has 1 fully saturated rings. The number of aliphatic hydroxyl groups is 1. The molecular weight excluding hydrogens is 432 g/mol. The van der Waals surface area contributed by atoms with Gasteiger partial charge in [0.05, 0.1) is 17.9 Å². The number of aryl methyl sites for hydroxylation is 1. The number of carbonyl (C=O) groups excluding carboxylic acids is 1. The lowest BCUT2D eigenvalue weighted by atomic mass is 9.90. The Morgan fingerprint density at radius 2 is 2.06 bits per heavy atom. The smallest absolute Gasteiger partial charge is 0.258 e. The van der Waals surface area contributed by atoms with E-state index in [1.807, 2.05) is 56.8 Å². The van der Waals surface area contributed by atoms with Crippen LogP contribution in [0.15, 0.2) is 61.2 Å². The largest absolute Gasteiger partial charge is 0.375 e. The number of likely N-dealkylation sites (N-methyl/N-ethyl adjacent to an activating group) is 1. The van der Waals surface area contributed by atoms with Crippen LogP contribution in [0.25, 0.3) is 17.1 Å². The van der Waals surface area contributed by atoms with Gasteiger partial charge in [-0.1, -0.05) is 18.2 Å². The number of carbonyl (C=O) groups is 1. The van der Waals surface area contributed by atoms with E-state index >= 15 is 0 Å². The Balaban J connectivity index is 1.38. The van der Waals surface area contributed by atoms with Crippen molar-refractivity contribution in [2.24, 2.45) is 7.05 Å². The Labute approximate surface area is 196 Å². The lowest BCUT2D eigenvalue weighted by molar-refractivity contribution is -0.143. The van der Waals surface area contributed by atoms with Crippen LogP contribution < -0.4 is 5.32 Å². The molecule has 0 aliphatic carbocycles. The van der Waals surface area contributed by atoms with Crippen molar-refractivity contribution >= 4 is 11.9 Å². The number of nitrogens with zero attached hydrogens (tertiary/aromatic N) is 7. The zero-order valence-electron chi connectivity index (χ0n) is 19.3. The summed E-state index contributed by atoms with van der Waals surface area (Å²) in [5.41, 5.74) is 1.63. The molecule has 1 aromatic carbocycles. The molecule has 2 unspecified atom stereocenters. The van der Waals surface area contributed by atoms with E-state index in [0.717, 1.165) is 11.1 Å². The van der Waals surface area contributed by atoms with Gasteiger partial charge in [-0.3, -0.25) is 9.48 Å². The summed E-state index contributed by atoms with van der Waals surface area (Å²) in [6.45, 7) is 2.55. The van der Waals surface area contributed by atoms with Gasteiger partial charge in [0, 0.05) is 62.8 Å². The molecule has 0 radical (unpaired) electrons. The number of hydrogen-bond acceptors (Lipinski definition) is 7. The van der Waals surface area contributed by atoms with Crippen molar-refractivity contribution in [2.45, 2.75) is 25.0 Å². The summed E-state index contributed by atoms with van der Waals surface area (Å²) in [5.74, 6) is 0.820. The van der Waals surface area contributed by atoms with Gasteiger partial charge in [0.15, 0.2) is 11.4 Å². The van der Waals surface area contributed by atoms with Crippen LogP contribution in [0.5, 0.6) is 0 Å². The minimum atomic E-state index is -1.49. The van der Waals surface area contributed by atoms with Crippen molar-refractivity contribution in [1.82, 2.24) is 34.4 Å². The predicted octanol–water partition coefficient (Wildman–Crippen LogP) is 2.29. The van der Waals surface area contributed by atoms with Gasteiger partial charge < -0.3 is 15.3 Å². The van der Waals surface area contributed by atoms with Gasteiger partial charge >= 0.3 is 0 Å². The average molecular weight is 459 g/mol. The van der Waals surface area contributed by atoms with Crippen LogP contribution in [0, 0.1) is 0 Å². The van der Waals surface area contributed by atoms with E-state index in [-0.39, 0.29) is 11.9 Å². The molecule has 10 nitrogen and oxygen atoms in total. The molecule has 4 aromatic rings. The minimum absolute atomic E-state index is 0.0111. The SMILES string of the molecule is CC(Nc1nccc(-n2ccc(-c3cccc(C4(O)CCN(C)C4=O)c3)n2)n1)c1cnn(C)c1. The van der Waals surface area contributed by atoms with Crippen molar-refractivity contribution in [3.8, 4) is 17.1 Å². The third kappa shape index (κ3) is 3.92. The van der Waals surface area contributed by atoms with E-state index in [0.29, 0.717) is 36.0 Å². The highest BCUT2D eigenvalue weighted by Crippen LogP contribution is 2.34. The molecule has 174 valence electrons. The third-order valence-electron chi connectivity index (χ3n) is 6.18. The molecule has 10 heteroatoms. The Bertz CT molecular complexity index is 1350. The highest BCUT2D eigenvalue weighted by Gasteiger charge is 2.45. The second-order valence-electron chi connectivity index (χ2n) is 8.62. The summed E-state index contributed by atoms with van der Waals surface area (Å²) in [5, 5.41) is 23.2. The number of benzene rings is 1. The van der Waals surface area contributed by atoms with Gasteiger partial charge in [-0.25, -0.2) is 9.67 Å². The summed E-state index contributed by atoms with van der Waals surface area (Å²) in [7, 11) is 3.58. The van der Waals surface area contributed by atoms with E-state index in [2.05, 4.69) is 25.5 Å². The molecule has 4 heterocycles. The number of likely N-dealkylation sites (tertiary alicyclic amines) is 1. The van der Waals surface area contributed by atoms with E-state index in [9.17, 15) is 9.90 Å². The monoisotopic (exact) mass is 458 g/mol. The van der Waals surface area contributed by atoms with Crippen LogP contribution in [0.3, 0.4) is 0 Å². The molecule has 34 heavy (non-hydrogen) atoms. The Kier molecular flexibility index (Phi) is 5.37. The molecule has 1 saturated heterocycles. The highest BCUT2D eigenvalue weighted by atomic mass is 16.3. The first-order valence-corrected chi connectivity index (χ1v) is 11.1. The first-order chi connectivity index (χ1) is 16.3. The fraction of sp³-hybridized carbons (Fsp3) is 0.292. The molecule has 5 rings (SSSR count). The second-order valence-corrected chi connectivity index (χ2v) is 8.62. The standard InChI is InChI=1S/C24H26N8O2/c1-16(18-14-26-31(3)15-18)27-23-25-10-7-21(28-23)32-11-8-20(29-32)17-5-4-6-19(13-17)24(34)9-12-30(2)22(24)33/h4-8,10-11,13-16,34H,9,12H2,1-3H3,(H,25,27,28). The summed E-state index contributed by atoms with van der Waals surface area (Å²) < 4.78 is 3.43. The van der Waals surface area contributed by atoms with Crippen molar-refractivity contribution < 1.29 is 9.90 Å². The first kappa shape index (κ1) is 21.8. The van der Waals surface area contributed by atoms with Gasteiger partial charge in [-0.2, -0.15) is 15.2 Å². The Hall–Kier alpha value is -4.05. The fourth-order valence-corrected chi connectivity index (χ4v) is 4.15. The zero-order chi connectivity index (χ0) is 23.9. The van der Waals surface area contributed by atoms with Gasteiger partial charge in [-0.05, 0) is 24.6 Å². The van der Waals surface area contributed by atoms with E-state index in [1.165, 1.54) is 0 Å². The molecule has 2 N–H and O–H groups in total. The summed E-state index contributed by atoms with van der Waals surface area (Å²) in [4.78, 5) is 23.0. The van der Waals surface area contributed by atoms with Crippen LogP contribution in [-0.2, 0) is 17.4 Å². The van der Waals surface area contributed by atoms with E-state index < -0.39 is 5.60 Å². The van der Waals surface area contributed by atoms with Crippen LogP contribution in [0.4, 0.5) is 5.95 Å². The number of nitrogens with one attached hydrogen (secondary N) is 1. The lowest BCUT2D eigenvalue weighted by Crippen LogP contribution is -2.36. The second kappa shape index (κ2) is 8.38. The van der Waals surface area contributed by atoms with Crippen LogP contribution in [0.2, 0.25) is 0 Å². The molecule has 2 atom stereocenters. The topological polar surface area (TPSA) is 114 Å². The van der Waals surface area contributed by atoms with Gasteiger partial charge in [0.2, 0.25) is 5.95 Å². The predicted molar refractivity (Wildman–Crippen MR) is 126 cm³/mol. The normalized spacial score (nSPS) is 18.9. The molecule has 0 bridgehead atoms. The minimum Gasteiger partial charge on any atom is -0.375 e. The number of rotatable bonds is 6. The average Bonchev–Trinajstić information content (AvgIpc) is 3.57. The molecule has 1 aliphatic heterocycles. The molecule has 1 aliphatic rings. The molecular formula is C24H26N8O2. The Morgan fingerprint density at radius 1 is 1.21 bits per heavy atom. The van der Waals surface area contributed by atoms with Crippen molar-refractivity contribution in [3.63, 3.8) is 0 Å². The maximum atomic E-state index is 12.5. The molecule has 1 amide bonds. The molecule has 0 spiro atoms. The first-order valence-electron chi connectivity index (χ1n) is 11.1. The van der Waals surface area contributed by atoms with Crippen molar-refractivity contribution in [3.05, 3.63) is 72.3 Å². The van der Waals surface area contributed by atoms with Gasteiger partial charge in [0.1, 0.15) is 0 Å². The Morgan fingerprint density at radius 3 is 2.79 bits per heavy atom. The van der Waals surface area contributed by atoms with Crippen LogP contribution in [0.1, 0.15) is 30.5 Å². The summed E-state index contributed by atoms with van der Waals surface area (Å²) in [6.07, 6.45) is 7.63. The summed E-state index contributed by atoms with van der Waals surface area (Å²) in [6, 6.07) is 11.0. The van der Waals surface area contributed by atoms with Crippen LogP contribution in [-0.4, -0.2) is 59.0 Å². The van der Waals surface area contributed by atoms with Gasteiger partial charge in [-0.15, -0.1) is 0 Å². The fourth-order valence-electron chi connectivity index (χ4n) is 4.15. The third-order valence-corrected chi connectivity index (χ3v) is 6.18. The number of anilines is 1. The molecule has 3 aromatic heterocycles. The number of amides is 1. The van der Waals surface area contributed by atoms with Crippen molar-refractivity contribution in [1.29, 1.82) is 0 Å². The summed E-state index contributed by atoms with van der Waals surface area (Å²) >= 11 is 0. The number of aromatic nitrogens is 6. The maximum absolute atomic E-state index is 12.5. The van der Waals surface area contributed by atoms with Crippen LogP contribution >= 0.6 is 0 Å². The highest BCUT2D eigenvalue weighted by molar-refractivity contribution is 5.88. The van der Waals surface area contributed by atoms with Crippen molar-refractivity contribution in [2.75, 3.05) is 18.9 Å². The lowest BCUT2D eigenvalue weighted by Gasteiger charge is -2.21.